The maximum atomic E-state index is 11.5. The summed E-state index contributed by atoms with van der Waals surface area (Å²) in [6, 6.07) is 5.40. The molecule has 7 nitrogen and oxygen atoms in total. The minimum atomic E-state index is -0.513. The molecule has 1 aromatic carbocycles. The molecule has 116 valence electrons. The summed E-state index contributed by atoms with van der Waals surface area (Å²) in [6.07, 6.45) is 1.64. The van der Waals surface area contributed by atoms with Crippen LogP contribution in [-0.2, 0) is 0 Å². The van der Waals surface area contributed by atoms with Crippen LogP contribution >= 0.6 is 0 Å². The molecule has 0 saturated carbocycles. The van der Waals surface area contributed by atoms with Crippen molar-refractivity contribution in [2.45, 2.75) is 6.17 Å². The van der Waals surface area contributed by atoms with Crippen molar-refractivity contribution in [3.8, 4) is 5.75 Å². The number of amides is 1. The van der Waals surface area contributed by atoms with Gasteiger partial charge in [-0.15, -0.1) is 0 Å². The molecule has 0 aliphatic carbocycles. The number of pyridine rings is 1. The molecule has 3 rings (SSSR count). The largest absolute Gasteiger partial charge is 0.496 e. The number of benzene rings is 1. The maximum absolute atomic E-state index is 11.5. The van der Waals surface area contributed by atoms with E-state index in [4.69, 9.17) is 16.2 Å². The molecule has 0 bridgehead atoms. The first kappa shape index (κ1) is 14.6. The van der Waals surface area contributed by atoms with Gasteiger partial charge in [0, 0.05) is 31.2 Å². The number of nitrogens with one attached hydrogen (secondary N) is 1. The third-order valence-corrected chi connectivity index (χ3v) is 3.83. The summed E-state index contributed by atoms with van der Waals surface area (Å²) in [5.41, 5.74) is 11.7. The third-order valence-electron chi connectivity index (χ3n) is 3.83. The van der Waals surface area contributed by atoms with Gasteiger partial charge in [-0.25, -0.2) is 4.98 Å². The zero-order valence-electron chi connectivity index (χ0n) is 12.4. The number of primary amides is 1. The number of carbonyl (C=O) groups is 1. The van der Waals surface area contributed by atoms with Crippen LogP contribution in [0.5, 0.6) is 5.75 Å². The second kappa shape index (κ2) is 5.78. The van der Waals surface area contributed by atoms with Gasteiger partial charge in [-0.1, -0.05) is 0 Å². The summed E-state index contributed by atoms with van der Waals surface area (Å²) < 4.78 is 5.29. The van der Waals surface area contributed by atoms with E-state index in [9.17, 15) is 4.79 Å². The number of hydrogen-bond acceptors (Lipinski definition) is 6. The van der Waals surface area contributed by atoms with Crippen molar-refractivity contribution in [3.05, 3.63) is 30.0 Å². The second-order valence-electron chi connectivity index (χ2n) is 5.28. The third kappa shape index (κ3) is 2.56. The van der Waals surface area contributed by atoms with Crippen LogP contribution in [0.25, 0.3) is 10.8 Å². The van der Waals surface area contributed by atoms with Gasteiger partial charge in [0.25, 0.3) is 5.91 Å². The van der Waals surface area contributed by atoms with Gasteiger partial charge in [-0.05, 0) is 23.6 Å². The van der Waals surface area contributed by atoms with E-state index in [2.05, 4.69) is 15.2 Å². The summed E-state index contributed by atoms with van der Waals surface area (Å²) in [5, 5.41) is 5.01. The van der Waals surface area contributed by atoms with Crippen molar-refractivity contribution in [2.24, 2.45) is 11.5 Å². The molecule has 1 unspecified atom stereocenters. The van der Waals surface area contributed by atoms with Gasteiger partial charge < -0.3 is 21.1 Å². The minimum absolute atomic E-state index is 0.0856. The number of nitrogens with zero attached hydrogens (tertiary/aromatic N) is 2. The Morgan fingerprint density at radius 1 is 1.50 bits per heavy atom. The van der Waals surface area contributed by atoms with Gasteiger partial charge in [-0.3, -0.25) is 10.1 Å². The highest BCUT2D eigenvalue weighted by Crippen LogP contribution is 2.31. The van der Waals surface area contributed by atoms with Gasteiger partial charge in [0.1, 0.15) is 11.6 Å². The Balaban J connectivity index is 2.13. The van der Waals surface area contributed by atoms with E-state index in [-0.39, 0.29) is 6.17 Å². The molecule has 1 atom stereocenters. The Bertz CT molecular complexity index is 718. The SMILES string of the molecule is COc1cc2c(N3CCNC(N)C3)nccc2cc1C(N)=O. The fourth-order valence-corrected chi connectivity index (χ4v) is 2.77. The number of carbonyl (C=O) groups excluding carboxylic acids is 1. The van der Waals surface area contributed by atoms with E-state index in [1.54, 1.807) is 12.3 Å². The molecule has 7 heteroatoms. The number of fused-ring (bicyclic) bond motifs is 1. The molecule has 1 fully saturated rings. The van der Waals surface area contributed by atoms with E-state index >= 15 is 0 Å². The van der Waals surface area contributed by atoms with Gasteiger partial charge in [0.05, 0.1) is 18.8 Å². The van der Waals surface area contributed by atoms with Crippen LogP contribution in [0.1, 0.15) is 10.4 Å². The van der Waals surface area contributed by atoms with Crippen LogP contribution in [0, 0.1) is 0 Å². The first-order valence-electron chi connectivity index (χ1n) is 7.10. The van der Waals surface area contributed by atoms with Crippen molar-refractivity contribution in [3.63, 3.8) is 0 Å². The Labute approximate surface area is 128 Å². The minimum Gasteiger partial charge on any atom is -0.496 e. The summed E-state index contributed by atoms with van der Waals surface area (Å²) in [7, 11) is 1.52. The normalized spacial score (nSPS) is 18.5. The van der Waals surface area contributed by atoms with Gasteiger partial charge >= 0.3 is 0 Å². The second-order valence-corrected chi connectivity index (χ2v) is 5.28. The molecule has 2 aromatic rings. The first-order chi connectivity index (χ1) is 10.6. The predicted octanol–water partition coefficient (Wildman–Crippen LogP) is 0.0367. The maximum Gasteiger partial charge on any atom is 0.252 e. The zero-order chi connectivity index (χ0) is 15.7. The molecule has 22 heavy (non-hydrogen) atoms. The van der Waals surface area contributed by atoms with E-state index in [1.165, 1.54) is 7.11 Å². The Kier molecular flexibility index (Phi) is 3.82. The number of methoxy groups -OCH3 is 1. The number of piperazine rings is 1. The number of rotatable bonds is 3. The molecule has 1 saturated heterocycles. The fraction of sp³-hybridized carbons (Fsp3) is 0.333. The van der Waals surface area contributed by atoms with E-state index in [1.807, 2.05) is 12.1 Å². The lowest BCUT2D eigenvalue weighted by atomic mass is 10.1. The zero-order valence-corrected chi connectivity index (χ0v) is 12.4. The van der Waals surface area contributed by atoms with Gasteiger partial charge in [0.15, 0.2) is 0 Å². The molecule has 1 aliphatic rings. The van der Waals surface area contributed by atoms with Gasteiger partial charge in [-0.2, -0.15) is 0 Å². The fourth-order valence-electron chi connectivity index (χ4n) is 2.77. The lowest BCUT2D eigenvalue weighted by molar-refractivity contribution is 0.0997. The monoisotopic (exact) mass is 301 g/mol. The molecule has 0 radical (unpaired) electrons. The summed E-state index contributed by atoms with van der Waals surface area (Å²) >= 11 is 0. The average molecular weight is 301 g/mol. The standard InChI is InChI=1S/C15H19N5O2/c1-22-12-7-10-9(6-11(12)14(17)21)2-3-19-15(10)20-5-4-18-13(16)8-20/h2-3,6-7,13,18H,4-5,8,16H2,1H3,(H2,17,21). The molecule has 1 aromatic heterocycles. The highest BCUT2D eigenvalue weighted by atomic mass is 16.5. The van der Waals surface area contributed by atoms with Crippen LogP contribution in [0.15, 0.2) is 24.4 Å². The smallest absolute Gasteiger partial charge is 0.252 e. The molecule has 5 N–H and O–H groups in total. The molecule has 1 aliphatic heterocycles. The van der Waals surface area contributed by atoms with Gasteiger partial charge in [0.2, 0.25) is 0 Å². The van der Waals surface area contributed by atoms with Crippen LogP contribution in [0.4, 0.5) is 5.82 Å². The quantitative estimate of drug-likeness (QED) is 0.739. The van der Waals surface area contributed by atoms with Crippen molar-refractivity contribution < 1.29 is 9.53 Å². The average Bonchev–Trinajstić information content (AvgIpc) is 2.52. The van der Waals surface area contributed by atoms with Crippen LogP contribution in [-0.4, -0.2) is 43.8 Å². The molecular weight excluding hydrogens is 282 g/mol. The number of hydrogen-bond donors (Lipinski definition) is 3. The van der Waals surface area contributed by atoms with Crippen molar-refractivity contribution in [2.75, 3.05) is 31.6 Å². The molecular formula is C15H19N5O2. The predicted molar refractivity (Wildman–Crippen MR) is 85.0 cm³/mol. The Morgan fingerprint density at radius 3 is 3.00 bits per heavy atom. The Morgan fingerprint density at radius 2 is 2.32 bits per heavy atom. The van der Waals surface area contributed by atoms with E-state index < -0.39 is 5.91 Å². The van der Waals surface area contributed by atoms with Crippen LogP contribution in [0.3, 0.4) is 0 Å². The van der Waals surface area contributed by atoms with E-state index in [0.29, 0.717) is 17.9 Å². The summed E-state index contributed by atoms with van der Waals surface area (Å²) in [6.45, 7) is 2.29. The molecule has 2 heterocycles. The molecule has 0 spiro atoms. The summed E-state index contributed by atoms with van der Waals surface area (Å²) in [5.74, 6) is 0.777. The summed E-state index contributed by atoms with van der Waals surface area (Å²) in [4.78, 5) is 18.2. The first-order valence-corrected chi connectivity index (χ1v) is 7.10. The topological polar surface area (TPSA) is 106 Å². The number of aromatic nitrogens is 1. The highest BCUT2D eigenvalue weighted by molar-refractivity contribution is 6.03. The van der Waals surface area contributed by atoms with Crippen molar-refractivity contribution in [1.29, 1.82) is 0 Å². The van der Waals surface area contributed by atoms with E-state index in [0.717, 1.165) is 29.7 Å². The number of ether oxygens (including phenoxy) is 1. The van der Waals surface area contributed by atoms with Crippen LogP contribution < -0.4 is 26.4 Å². The number of anilines is 1. The van der Waals surface area contributed by atoms with Crippen molar-refractivity contribution in [1.82, 2.24) is 10.3 Å². The number of nitrogens with two attached hydrogens (primary N) is 2. The van der Waals surface area contributed by atoms with Crippen molar-refractivity contribution >= 4 is 22.5 Å². The molecule has 1 amide bonds. The van der Waals surface area contributed by atoms with Crippen LogP contribution in [0.2, 0.25) is 0 Å². The lowest BCUT2D eigenvalue weighted by Gasteiger charge is -2.33. The lowest BCUT2D eigenvalue weighted by Crippen LogP contribution is -2.55. The Hall–Kier alpha value is -2.38. The highest BCUT2D eigenvalue weighted by Gasteiger charge is 2.20.